The van der Waals surface area contributed by atoms with Crippen molar-refractivity contribution < 1.29 is 13.9 Å². The first-order valence-corrected chi connectivity index (χ1v) is 8.94. The zero-order valence-electron chi connectivity index (χ0n) is 14.0. The Labute approximate surface area is 146 Å². The molecule has 2 heterocycles. The Morgan fingerprint density at radius 3 is 2.79 bits per heavy atom. The van der Waals surface area contributed by atoms with Gasteiger partial charge in [0.1, 0.15) is 17.3 Å². The molecule has 0 aliphatic carbocycles. The Kier molecular flexibility index (Phi) is 5.69. The van der Waals surface area contributed by atoms with Crippen LogP contribution in [0.2, 0.25) is 0 Å². The summed E-state index contributed by atoms with van der Waals surface area (Å²) in [5.74, 6) is 3.64. The summed E-state index contributed by atoms with van der Waals surface area (Å²) in [4.78, 5) is 6.94. The minimum Gasteiger partial charge on any atom is -0.497 e. The number of nitrogens with zero attached hydrogens (tertiary/aromatic N) is 2. The van der Waals surface area contributed by atoms with Crippen LogP contribution in [0.5, 0.6) is 11.5 Å². The lowest BCUT2D eigenvalue weighted by Crippen LogP contribution is -2.30. The van der Waals surface area contributed by atoms with E-state index in [9.17, 15) is 0 Å². The van der Waals surface area contributed by atoms with Gasteiger partial charge in [-0.05, 0) is 30.7 Å². The van der Waals surface area contributed by atoms with E-state index in [0.717, 1.165) is 46.7 Å². The van der Waals surface area contributed by atoms with Gasteiger partial charge in [0.25, 0.3) is 0 Å². The zero-order chi connectivity index (χ0) is 16.8. The van der Waals surface area contributed by atoms with Crippen LogP contribution >= 0.6 is 11.8 Å². The smallest absolute Gasteiger partial charge is 0.159 e. The van der Waals surface area contributed by atoms with Gasteiger partial charge in [0, 0.05) is 30.5 Å². The summed E-state index contributed by atoms with van der Waals surface area (Å²) in [5, 5.41) is 1.07. The lowest BCUT2D eigenvalue weighted by Gasteiger charge is -2.27. The van der Waals surface area contributed by atoms with Gasteiger partial charge in [-0.1, -0.05) is 11.8 Å². The predicted molar refractivity (Wildman–Crippen MR) is 96.9 cm³/mol. The molecule has 1 aromatic heterocycles. The van der Waals surface area contributed by atoms with Gasteiger partial charge >= 0.3 is 0 Å². The average molecular weight is 346 g/mol. The number of hydrogen-bond donors (Lipinski definition) is 0. The van der Waals surface area contributed by atoms with E-state index in [1.54, 1.807) is 32.2 Å². The molecule has 1 aromatic carbocycles. The predicted octanol–water partition coefficient (Wildman–Crippen LogP) is 3.79. The van der Waals surface area contributed by atoms with E-state index in [1.807, 2.05) is 30.3 Å². The van der Waals surface area contributed by atoms with E-state index in [-0.39, 0.29) is 0 Å². The fourth-order valence-corrected chi connectivity index (χ4v) is 3.56. The number of methoxy groups -OCH3 is 2. The van der Waals surface area contributed by atoms with Crippen molar-refractivity contribution in [3.63, 3.8) is 0 Å². The Balaban J connectivity index is 1.84. The van der Waals surface area contributed by atoms with Crippen LogP contribution in [0.1, 0.15) is 17.7 Å². The fourth-order valence-electron chi connectivity index (χ4n) is 2.61. The molecule has 128 valence electrons. The van der Waals surface area contributed by atoms with E-state index >= 15 is 0 Å². The zero-order valence-corrected chi connectivity index (χ0v) is 14.8. The molecular formula is C18H22N2O3S. The van der Waals surface area contributed by atoms with Crippen molar-refractivity contribution in [1.82, 2.24) is 4.90 Å². The van der Waals surface area contributed by atoms with Gasteiger partial charge in [0.2, 0.25) is 0 Å². The maximum Gasteiger partial charge on any atom is 0.159 e. The van der Waals surface area contributed by atoms with Crippen molar-refractivity contribution in [2.45, 2.75) is 19.5 Å². The van der Waals surface area contributed by atoms with Crippen molar-refractivity contribution in [3.05, 3.63) is 47.9 Å². The molecule has 1 aliphatic rings. The second kappa shape index (κ2) is 8.15. The van der Waals surface area contributed by atoms with Crippen LogP contribution in [0.4, 0.5) is 0 Å². The van der Waals surface area contributed by atoms with Crippen LogP contribution in [0.15, 0.2) is 46.0 Å². The van der Waals surface area contributed by atoms with Crippen molar-refractivity contribution in [1.29, 1.82) is 0 Å². The molecule has 0 spiro atoms. The SMILES string of the molecule is COc1ccc(CN(Cc2ccco2)C2=NCCCS2)c(OC)c1. The maximum absolute atomic E-state index is 5.53. The molecule has 0 N–H and O–H groups in total. The molecule has 3 rings (SSSR count). The Morgan fingerprint density at radius 2 is 2.12 bits per heavy atom. The third-order valence-corrected chi connectivity index (χ3v) is 4.97. The van der Waals surface area contributed by atoms with E-state index < -0.39 is 0 Å². The van der Waals surface area contributed by atoms with E-state index in [4.69, 9.17) is 18.9 Å². The highest BCUT2D eigenvalue weighted by atomic mass is 32.2. The summed E-state index contributed by atoms with van der Waals surface area (Å²) < 4.78 is 16.3. The second-order valence-corrected chi connectivity index (χ2v) is 6.54. The highest BCUT2D eigenvalue weighted by Gasteiger charge is 2.18. The molecule has 0 saturated heterocycles. The monoisotopic (exact) mass is 346 g/mol. The quantitative estimate of drug-likeness (QED) is 0.796. The van der Waals surface area contributed by atoms with E-state index in [1.165, 1.54) is 0 Å². The molecular weight excluding hydrogens is 324 g/mol. The minimum atomic E-state index is 0.689. The van der Waals surface area contributed by atoms with Crippen LogP contribution < -0.4 is 9.47 Å². The maximum atomic E-state index is 5.53. The summed E-state index contributed by atoms with van der Waals surface area (Å²) in [6.07, 6.45) is 2.84. The number of rotatable bonds is 6. The van der Waals surface area contributed by atoms with Gasteiger partial charge in [0.05, 0.1) is 27.0 Å². The highest BCUT2D eigenvalue weighted by molar-refractivity contribution is 8.13. The van der Waals surface area contributed by atoms with Crippen molar-refractivity contribution in [2.24, 2.45) is 4.99 Å². The third kappa shape index (κ3) is 4.06. The lowest BCUT2D eigenvalue weighted by atomic mass is 10.1. The molecule has 0 amide bonds. The molecule has 1 aliphatic heterocycles. The van der Waals surface area contributed by atoms with Gasteiger partial charge in [-0.25, -0.2) is 0 Å². The average Bonchev–Trinajstić information content (AvgIpc) is 3.15. The Morgan fingerprint density at radius 1 is 1.21 bits per heavy atom. The molecule has 0 unspecified atom stereocenters. The third-order valence-electron chi connectivity index (χ3n) is 3.83. The molecule has 0 bridgehead atoms. The number of aliphatic imine (C=N–C) groups is 1. The Hall–Kier alpha value is -2.08. The van der Waals surface area contributed by atoms with Gasteiger partial charge < -0.3 is 18.8 Å². The molecule has 0 radical (unpaired) electrons. The second-order valence-electron chi connectivity index (χ2n) is 5.48. The van der Waals surface area contributed by atoms with Gasteiger partial charge in [0.15, 0.2) is 5.17 Å². The summed E-state index contributed by atoms with van der Waals surface area (Å²) in [7, 11) is 3.34. The highest BCUT2D eigenvalue weighted by Crippen LogP contribution is 2.28. The molecule has 24 heavy (non-hydrogen) atoms. The van der Waals surface area contributed by atoms with Crippen LogP contribution in [0.3, 0.4) is 0 Å². The normalized spacial score (nSPS) is 14.2. The van der Waals surface area contributed by atoms with Gasteiger partial charge in [-0.15, -0.1) is 0 Å². The van der Waals surface area contributed by atoms with Crippen LogP contribution in [-0.2, 0) is 13.1 Å². The number of ether oxygens (including phenoxy) is 2. The van der Waals surface area contributed by atoms with Crippen LogP contribution in [0, 0.1) is 0 Å². The van der Waals surface area contributed by atoms with Crippen molar-refractivity contribution >= 4 is 16.9 Å². The summed E-state index contributed by atoms with van der Waals surface area (Å²) >= 11 is 1.80. The minimum absolute atomic E-state index is 0.689. The summed E-state index contributed by atoms with van der Waals surface area (Å²) in [5.41, 5.74) is 1.10. The molecule has 0 saturated carbocycles. The number of hydrogen-bond acceptors (Lipinski definition) is 6. The summed E-state index contributed by atoms with van der Waals surface area (Å²) in [6, 6.07) is 9.82. The van der Waals surface area contributed by atoms with Gasteiger partial charge in [-0.2, -0.15) is 0 Å². The molecule has 5 nitrogen and oxygen atoms in total. The van der Waals surface area contributed by atoms with Crippen LogP contribution in [0.25, 0.3) is 0 Å². The van der Waals surface area contributed by atoms with E-state index in [2.05, 4.69) is 4.90 Å². The first kappa shape index (κ1) is 16.8. The Bertz CT molecular complexity index is 686. The number of furan rings is 1. The molecule has 0 fully saturated rings. The largest absolute Gasteiger partial charge is 0.497 e. The summed E-state index contributed by atoms with van der Waals surface area (Å²) in [6.45, 7) is 2.28. The molecule has 6 heteroatoms. The first-order chi connectivity index (χ1) is 11.8. The lowest BCUT2D eigenvalue weighted by molar-refractivity contribution is 0.346. The first-order valence-electron chi connectivity index (χ1n) is 7.95. The number of amidine groups is 1. The topological polar surface area (TPSA) is 47.2 Å². The van der Waals surface area contributed by atoms with E-state index in [0.29, 0.717) is 13.1 Å². The molecule has 0 atom stereocenters. The standard InChI is InChI=1S/C18H22N2O3S/c1-21-15-7-6-14(17(11-15)22-2)12-20(13-16-5-3-9-23-16)18-19-8-4-10-24-18/h3,5-7,9,11H,4,8,10,12-13H2,1-2H3. The fraction of sp³-hybridized carbons (Fsp3) is 0.389. The van der Waals surface area contributed by atoms with Crippen molar-refractivity contribution in [2.75, 3.05) is 26.5 Å². The van der Waals surface area contributed by atoms with Crippen LogP contribution in [-0.4, -0.2) is 36.6 Å². The number of thioether (sulfide) groups is 1. The van der Waals surface area contributed by atoms with Gasteiger partial charge in [-0.3, -0.25) is 4.99 Å². The number of benzene rings is 1. The molecule has 2 aromatic rings. The van der Waals surface area contributed by atoms with Crippen molar-refractivity contribution in [3.8, 4) is 11.5 Å².